The molecule has 0 aliphatic heterocycles. The first-order chi connectivity index (χ1) is 32.1. The summed E-state index contributed by atoms with van der Waals surface area (Å²) in [6.45, 7) is 4.22. The number of hydrogen-bond acceptors (Lipinski definition) is 4. The molecule has 0 spiro atoms. The Morgan fingerprint density at radius 2 is 0.662 bits per heavy atom. The van der Waals surface area contributed by atoms with Crippen LogP contribution in [0.25, 0.3) is 0 Å². The smallest absolute Gasteiger partial charge is 0.249 e. The predicted molar refractivity (Wildman–Crippen MR) is 287 cm³/mol. The van der Waals surface area contributed by atoms with Crippen LogP contribution < -0.4 is 5.32 Å². The highest BCUT2D eigenvalue weighted by Crippen LogP contribution is 2.17. The third kappa shape index (κ3) is 50.3. The zero-order chi connectivity index (χ0) is 47.2. The second kappa shape index (κ2) is 55.2. The van der Waals surface area contributed by atoms with E-state index < -0.39 is 24.2 Å². The van der Waals surface area contributed by atoms with Crippen LogP contribution >= 0.6 is 0 Å². The highest BCUT2D eigenvalue weighted by molar-refractivity contribution is 5.80. The van der Waals surface area contributed by atoms with Crippen LogP contribution in [0, 0.1) is 0 Å². The number of allylic oxidation sites excluding steroid dienone is 5. The molecule has 0 rings (SSSR count). The van der Waals surface area contributed by atoms with Crippen LogP contribution in [-0.2, 0) is 4.79 Å². The van der Waals surface area contributed by atoms with Gasteiger partial charge in [-0.2, -0.15) is 0 Å². The first kappa shape index (κ1) is 63.6. The fourth-order valence-corrected chi connectivity index (χ4v) is 9.16. The minimum atomic E-state index is -1.10. The Kier molecular flexibility index (Phi) is 54.0. The van der Waals surface area contributed by atoms with Crippen molar-refractivity contribution in [1.29, 1.82) is 0 Å². The van der Waals surface area contributed by atoms with E-state index in [1.807, 2.05) is 6.08 Å². The molecule has 5 heteroatoms. The fourth-order valence-electron chi connectivity index (χ4n) is 9.16. The summed E-state index contributed by atoms with van der Waals surface area (Å²) in [5.74, 6) is -0.502. The second-order valence-electron chi connectivity index (χ2n) is 20.2. The summed E-state index contributed by atoms with van der Waals surface area (Å²) in [5.41, 5.74) is 0. The molecule has 0 bridgehead atoms. The van der Waals surface area contributed by atoms with Crippen LogP contribution in [-0.4, -0.2) is 46.1 Å². The van der Waals surface area contributed by atoms with Gasteiger partial charge in [0.05, 0.1) is 18.8 Å². The van der Waals surface area contributed by atoms with Crippen molar-refractivity contribution < 1.29 is 20.1 Å². The van der Waals surface area contributed by atoms with Gasteiger partial charge in [-0.1, -0.05) is 301 Å². The summed E-state index contributed by atoms with van der Waals surface area (Å²) in [5, 5.41) is 33.4. The van der Waals surface area contributed by atoms with Crippen molar-refractivity contribution in [2.75, 3.05) is 6.61 Å². The van der Waals surface area contributed by atoms with Gasteiger partial charge in [-0.25, -0.2) is 0 Å². The minimum Gasteiger partial charge on any atom is -0.394 e. The quantitative estimate of drug-likeness (QED) is 0.0361. The van der Waals surface area contributed by atoms with Gasteiger partial charge in [0.15, 0.2) is 0 Å². The maximum Gasteiger partial charge on any atom is 0.249 e. The third-order valence-electron chi connectivity index (χ3n) is 13.7. The van der Waals surface area contributed by atoms with Crippen LogP contribution in [0.15, 0.2) is 36.5 Å². The van der Waals surface area contributed by atoms with E-state index in [-0.39, 0.29) is 6.61 Å². The van der Waals surface area contributed by atoms with Gasteiger partial charge in [0, 0.05) is 0 Å². The molecule has 3 unspecified atom stereocenters. The van der Waals surface area contributed by atoms with E-state index in [0.29, 0.717) is 6.42 Å². The highest BCUT2D eigenvalue weighted by atomic mass is 16.3. The molecule has 5 nitrogen and oxygen atoms in total. The number of nitrogens with one attached hydrogen (secondary N) is 1. The number of amides is 1. The number of aliphatic hydroxyl groups is 3. The number of hydrogen-bond donors (Lipinski definition) is 4. The highest BCUT2D eigenvalue weighted by Gasteiger charge is 2.22. The first-order valence-corrected chi connectivity index (χ1v) is 29.3. The molecule has 0 saturated carbocycles. The van der Waals surface area contributed by atoms with Gasteiger partial charge in [-0.15, -0.1) is 0 Å². The Balaban J connectivity index is 3.58. The van der Waals surface area contributed by atoms with Crippen molar-refractivity contribution >= 4 is 5.91 Å². The molecule has 65 heavy (non-hydrogen) atoms. The summed E-state index contributed by atoms with van der Waals surface area (Å²) >= 11 is 0. The van der Waals surface area contributed by atoms with Crippen molar-refractivity contribution in [2.24, 2.45) is 0 Å². The Morgan fingerprint density at radius 1 is 0.385 bits per heavy atom. The van der Waals surface area contributed by atoms with Gasteiger partial charge >= 0.3 is 0 Å². The molecule has 0 aliphatic rings. The molecule has 0 saturated heterocycles. The van der Waals surface area contributed by atoms with Crippen LogP contribution in [0.3, 0.4) is 0 Å². The van der Waals surface area contributed by atoms with Crippen molar-refractivity contribution in [3.8, 4) is 0 Å². The van der Waals surface area contributed by atoms with E-state index in [9.17, 15) is 20.1 Å². The first-order valence-electron chi connectivity index (χ1n) is 29.3. The molecular weight excluding hydrogens is 799 g/mol. The molecule has 0 aromatic rings. The number of carbonyl (C=O) groups excluding carboxylic acids is 1. The van der Waals surface area contributed by atoms with Gasteiger partial charge in [0.1, 0.15) is 6.10 Å². The van der Waals surface area contributed by atoms with Crippen LogP contribution in [0.2, 0.25) is 0 Å². The van der Waals surface area contributed by atoms with Gasteiger partial charge in [0.25, 0.3) is 0 Å². The predicted octanol–water partition coefficient (Wildman–Crippen LogP) is 18.2. The van der Waals surface area contributed by atoms with Crippen molar-refractivity contribution in [1.82, 2.24) is 5.32 Å². The van der Waals surface area contributed by atoms with Crippen molar-refractivity contribution in [2.45, 2.75) is 334 Å². The number of carbonyl (C=O) groups is 1. The lowest BCUT2D eigenvalue weighted by molar-refractivity contribution is -0.131. The summed E-state index contributed by atoms with van der Waals surface area (Å²) < 4.78 is 0. The van der Waals surface area contributed by atoms with E-state index in [4.69, 9.17) is 0 Å². The number of aliphatic hydroxyl groups excluding tert-OH is 3. The normalized spacial score (nSPS) is 13.5. The summed E-state index contributed by atoms with van der Waals surface area (Å²) in [6.07, 6.45) is 72.3. The van der Waals surface area contributed by atoms with E-state index in [1.54, 1.807) is 6.08 Å². The van der Waals surface area contributed by atoms with E-state index in [1.165, 1.54) is 257 Å². The summed E-state index contributed by atoms with van der Waals surface area (Å²) in [4.78, 5) is 12.6. The summed E-state index contributed by atoms with van der Waals surface area (Å²) in [7, 11) is 0. The van der Waals surface area contributed by atoms with Gasteiger partial charge in [-0.3, -0.25) is 4.79 Å². The Labute approximate surface area is 406 Å². The van der Waals surface area contributed by atoms with E-state index in [2.05, 4.69) is 43.5 Å². The molecule has 0 aliphatic carbocycles. The van der Waals surface area contributed by atoms with E-state index in [0.717, 1.165) is 38.5 Å². The zero-order valence-corrected chi connectivity index (χ0v) is 43.9. The Morgan fingerprint density at radius 3 is 0.969 bits per heavy atom. The molecule has 0 aromatic carbocycles. The average molecular weight is 915 g/mol. The summed E-state index contributed by atoms with van der Waals surface area (Å²) in [6, 6.07) is -0.800. The van der Waals surface area contributed by atoms with Gasteiger partial charge in [-0.05, 0) is 51.4 Å². The monoisotopic (exact) mass is 914 g/mol. The van der Waals surface area contributed by atoms with Crippen LogP contribution in [0.5, 0.6) is 0 Å². The fraction of sp³-hybridized carbons (Fsp3) is 0.883. The number of unbranched alkanes of at least 4 members (excludes halogenated alkanes) is 42. The van der Waals surface area contributed by atoms with Crippen molar-refractivity contribution in [3.05, 3.63) is 36.5 Å². The molecule has 3 atom stereocenters. The van der Waals surface area contributed by atoms with Crippen LogP contribution in [0.4, 0.5) is 0 Å². The zero-order valence-electron chi connectivity index (χ0n) is 43.9. The molecule has 0 fully saturated rings. The molecule has 0 heterocycles. The molecule has 0 radical (unpaired) electrons. The lowest BCUT2D eigenvalue weighted by Gasteiger charge is -2.21. The lowest BCUT2D eigenvalue weighted by Crippen LogP contribution is -2.48. The standard InChI is InChI=1S/C60H115NO4/c1-3-5-7-9-11-13-15-17-19-21-23-25-27-29-31-33-35-37-39-41-43-45-47-49-51-53-55-59(64)60(65)61-57(56-62)58(63)54-52-50-48-46-44-42-40-38-36-34-32-30-28-26-24-22-20-18-16-14-12-10-8-6-4-2/h23,25,29,31,52,54,57-59,62-64H,3-22,24,26-28,30,32-51,53,55-56H2,1-2H3,(H,61,65)/b25-23-,31-29-,54-52+. The molecule has 4 N–H and O–H groups in total. The Bertz CT molecular complexity index is 1010. The minimum absolute atomic E-state index is 0.363. The molecule has 0 aromatic heterocycles. The molecule has 384 valence electrons. The second-order valence-corrected chi connectivity index (χ2v) is 20.2. The average Bonchev–Trinajstić information content (AvgIpc) is 3.31. The topological polar surface area (TPSA) is 89.8 Å². The Hall–Kier alpha value is -1.43. The van der Waals surface area contributed by atoms with Crippen molar-refractivity contribution in [3.63, 3.8) is 0 Å². The largest absolute Gasteiger partial charge is 0.394 e. The maximum atomic E-state index is 12.6. The van der Waals surface area contributed by atoms with Crippen LogP contribution in [0.1, 0.15) is 316 Å². The molecule has 1 amide bonds. The molecular formula is C60H115NO4. The SMILES string of the molecule is CCCCCCCCCCC/C=C\C/C=C\CCCCCCCCCCCCC(O)C(=O)NC(CO)C(O)/C=C/CCCCCCCCCCCCCCCCCCCCCCCCC. The lowest BCUT2D eigenvalue weighted by atomic mass is 10.0. The third-order valence-corrected chi connectivity index (χ3v) is 13.7. The van der Waals surface area contributed by atoms with Gasteiger partial charge < -0.3 is 20.6 Å². The maximum absolute atomic E-state index is 12.6. The number of rotatable bonds is 54. The van der Waals surface area contributed by atoms with E-state index >= 15 is 0 Å². The van der Waals surface area contributed by atoms with Gasteiger partial charge in [0.2, 0.25) is 5.91 Å².